The Kier molecular flexibility index (Phi) is 17.9. The third kappa shape index (κ3) is 16.4. The molecule has 1 aromatic rings. The molecule has 1 aliphatic heterocycles. The number of carbonyl (C=O) groups excluding carboxylic acids is 9. The van der Waals surface area contributed by atoms with Crippen LogP contribution in [0.3, 0.4) is 0 Å². The van der Waals surface area contributed by atoms with Crippen LogP contribution in [0.15, 0.2) is 30.3 Å². The average molecular weight is 793 g/mol. The largest absolute Gasteiger partial charge is 0.463 e. The summed E-state index contributed by atoms with van der Waals surface area (Å²) in [5.41, 5.74) is -0.636. The lowest BCUT2D eigenvalue weighted by atomic mass is 9.97. The molecule has 4 amide bonds. The number of hydrogen-bond donors (Lipinski definition) is 3. The van der Waals surface area contributed by atoms with Crippen LogP contribution >= 0.6 is 0 Å². The second-order valence-corrected chi connectivity index (χ2v) is 14.3. The molecule has 3 N–H and O–H groups in total. The van der Waals surface area contributed by atoms with E-state index in [0.717, 1.165) is 32.6 Å². The van der Waals surface area contributed by atoms with Crippen molar-refractivity contribution >= 4 is 53.5 Å². The minimum atomic E-state index is -1.67. The lowest BCUT2D eigenvalue weighted by Crippen LogP contribution is -2.66. The monoisotopic (exact) mass is 792 g/mol. The van der Waals surface area contributed by atoms with Crippen molar-refractivity contribution in [2.45, 2.75) is 111 Å². The van der Waals surface area contributed by atoms with Crippen molar-refractivity contribution in [1.29, 1.82) is 0 Å². The van der Waals surface area contributed by atoms with E-state index in [1.54, 1.807) is 39.0 Å². The van der Waals surface area contributed by atoms with E-state index in [2.05, 4.69) is 16.0 Å². The van der Waals surface area contributed by atoms with E-state index in [-0.39, 0.29) is 17.9 Å². The molecule has 6 atom stereocenters. The third-order valence-corrected chi connectivity index (χ3v) is 7.49. The van der Waals surface area contributed by atoms with Gasteiger partial charge in [-0.3, -0.25) is 38.4 Å². The second kappa shape index (κ2) is 21.5. The SMILES string of the molecule is CC(=O)OC[C@H]1O[C@@H](NC(=O)CN(CC(=O)N[C@@H](CC(C)C)C(=O)OC(C)(C)C)C(=O)CNC(=O)c2ccccc2)[C@H](OC(C)=O)[C@@H](OC(C)=O)[C@H]1OC(C)=O. The number of carbonyl (C=O) groups is 9. The number of benzene rings is 1. The van der Waals surface area contributed by atoms with Gasteiger partial charge in [-0.05, 0) is 45.2 Å². The predicted octanol–water partition coefficient (Wildman–Crippen LogP) is 0.317. The molecule has 0 unspecified atom stereocenters. The Labute approximate surface area is 324 Å². The van der Waals surface area contributed by atoms with Crippen LogP contribution in [0.4, 0.5) is 0 Å². The molecule has 1 fully saturated rings. The zero-order chi connectivity index (χ0) is 42.3. The zero-order valence-corrected chi connectivity index (χ0v) is 33.0. The molecule has 0 spiro atoms. The molecule has 2 rings (SSSR count). The summed E-state index contributed by atoms with van der Waals surface area (Å²) in [4.78, 5) is 115. The van der Waals surface area contributed by atoms with E-state index < -0.39 is 122 Å². The van der Waals surface area contributed by atoms with Gasteiger partial charge >= 0.3 is 29.8 Å². The van der Waals surface area contributed by atoms with Crippen LogP contribution < -0.4 is 16.0 Å². The number of nitrogens with zero attached hydrogens (tertiary/aromatic N) is 1. The maximum Gasteiger partial charge on any atom is 0.329 e. The summed E-state index contributed by atoms with van der Waals surface area (Å²) in [5.74, 6) is -7.57. The maximum atomic E-state index is 13.7. The van der Waals surface area contributed by atoms with E-state index in [1.165, 1.54) is 12.1 Å². The Balaban J connectivity index is 2.44. The van der Waals surface area contributed by atoms with Gasteiger partial charge in [0.2, 0.25) is 17.7 Å². The topological polar surface area (TPSA) is 248 Å². The van der Waals surface area contributed by atoms with Gasteiger partial charge in [-0.25, -0.2) is 4.79 Å². The van der Waals surface area contributed by atoms with Crippen molar-refractivity contribution in [3.63, 3.8) is 0 Å². The van der Waals surface area contributed by atoms with Gasteiger partial charge in [-0.1, -0.05) is 32.0 Å². The standard InChI is InChI=1S/C37H52N4O15/c1-20(2)15-26(36(50)56-37(7,8)9)39-28(46)17-41(30(48)16-38-34(49)25-13-11-10-12-14-25)18-29(47)40-35-33(54-24(6)45)32(53-23(5)44)31(52-22(4)43)27(55-35)19-51-21(3)42/h10-14,20,26-27,31-33,35H,15-19H2,1-9H3,(H,38,49)(H,39,46)(H,40,47)/t26-,27+,31-,32-,33+,35+/m0/s1. The highest BCUT2D eigenvalue weighted by atomic mass is 16.7. The van der Waals surface area contributed by atoms with E-state index in [9.17, 15) is 43.2 Å². The number of ether oxygens (including phenoxy) is 6. The van der Waals surface area contributed by atoms with E-state index in [1.807, 2.05) is 13.8 Å². The van der Waals surface area contributed by atoms with Crippen LogP contribution in [-0.2, 0) is 66.8 Å². The molecule has 1 aliphatic rings. The summed E-state index contributed by atoms with van der Waals surface area (Å²) in [6.45, 7) is 9.96. The Hall–Kier alpha value is -5.59. The summed E-state index contributed by atoms with van der Waals surface area (Å²) >= 11 is 0. The van der Waals surface area contributed by atoms with E-state index in [4.69, 9.17) is 28.4 Å². The van der Waals surface area contributed by atoms with Gasteiger partial charge in [0.15, 0.2) is 24.5 Å². The van der Waals surface area contributed by atoms with Crippen LogP contribution in [0, 0.1) is 5.92 Å². The summed E-state index contributed by atoms with van der Waals surface area (Å²) in [5, 5.41) is 7.43. The molecular weight excluding hydrogens is 740 g/mol. The summed E-state index contributed by atoms with van der Waals surface area (Å²) in [6, 6.07) is 6.83. The van der Waals surface area contributed by atoms with Gasteiger partial charge in [0.25, 0.3) is 5.91 Å². The molecule has 0 radical (unpaired) electrons. The highest BCUT2D eigenvalue weighted by Gasteiger charge is 2.52. The minimum Gasteiger partial charge on any atom is -0.463 e. The van der Waals surface area contributed by atoms with E-state index >= 15 is 0 Å². The van der Waals surface area contributed by atoms with Gasteiger partial charge in [-0.2, -0.15) is 0 Å². The molecule has 56 heavy (non-hydrogen) atoms. The number of nitrogens with one attached hydrogen (secondary N) is 3. The van der Waals surface area contributed by atoms with E-state index in [0.29, 0.717) is 0 Å². The molecule has 1 saturated heterocycles. The Morgan fingerprint density at radius 1 is 0.768 bits per heavy atom. The van der Waals surface area contributed by atoms with Gasteiger partial charge in [0, 0.05) is 33.3 Å². The van der Waals surface area contributed by atoms with Crippen LogP contribution in [0.2, 0.25) is 0 Å². The van der Waals surface area contributed by atoms with Crippen LogP contribution in [0.1, 0.15) is 79.1 Å². The summed E-state index contributed by atoms with van der Waals surface area (Å²) in [7, 11) is 0. The summed E-state index contributed by atoms with van der Waals surface area (Å²) in [6.07, 6.45) is -7.61. The fraction of sp³-hybridized carbons (Fsp3) is 0.595. The molecule has 0 aliphatic carbocycles. The predicted molar refractivity (Wildman–Crippen MR) is 193 cm³/mol. The molecular formula is C37H52N4O15. The molecule has 19 heteroatoms. The first-order chi connectivity index (χ1) is 26.1. The first-order valence-corrected chi connectivity index (χ1v) is 17.8. The molecule has 19 nitrogen and oxygen atoms in total. The quantitative estimate of drug-likeness (QED) is 0.142. The third-order valence-electron chi connectivity index (χ3n) is 7.49. The summed E-state index contributed by atoms with van der Waals surface area (Å²) < 4.78 is 32.5. The van der Waals surface area contributed by atoms with Crippen molar-refractivity contribution in [3.8, 4) is 0 Å². The molecule has 0 aromatic heterocycles. The van der Waals surface area contributed by atoms with Crippen molar-refractivity contribution in [2.24, 2.45) is 5.92 Å². The Morgan fingerprint density at radius 2 is 1.32 bits per heavy atom. The maximum absolute atomic E-state index is 13.7. The Morgan fingerprint density at radius 3 is 1.86 bits per heavy atom. The number of esters is 5. The van der Waals surface area contributed by atoms with Crippen molar-refractivity contribution in [1.82, 2.24) is 20.9 Å². The fourth-order valence-electron chi connectivity index (χ4n) is 5.39. The molecule has 1 heterocycles. The second-order valence-electron chi connectivity index (χ2n) is 14.3. The minimum absolute atomic E-state index is 0.0638. The average Bonchev–Trinajstić information content (AvgIpc) is 3.07. The molecule has 0 bridgehead atoms. The first-order valence-electron chi connectivity index (χ1n) is 17.8. The van der Waals surface area contributed by atoms with Gasteiger partial charge < -0.3 is 49.3 Å². The van der Waals surface area contributed by atoms with Gasteiger partial charge in [0.05, 0.1) is 6.54 Å². The fourth-order valence-corrected chi connectivity index (χ4v) is 5.39. The molecule has 310 valence electrons. The van der Waals surface area contributed by atoms with Gasteiger partial charge in [0.1, 0.15) is 37.4 Å². The van der Waals surface area contributed by atoms with Crippen LogP contribution in [0.5, 0.6) is 0 Å². The van der Waals surface area contributed by atoms with Crippen molar-refractivity contribution in [3.05, 3.63) is 35.9 Å². The normalized spacial score (nSPS) is 19.6. The van der Waals surface area contributed by atoms with Gasteiger partial charge in [-0.15, -0.1) is 0 Å². The number of amides is 4. The van der Waals surface area contributed by atoms with Crippen LogP contribution in [-0.4, -0.2) is 127 Å². The smallest absolute Gasteiger partial charge is 0.329 e. The lowest BCUT2D eigenvalue weighted by Gasteiger charge is -2.44. The molecule has 1 aromatic carbocycles. The van der Waals surface area contributed by atoms with Crippen molar-refractivity contribution in [2.75, 3.05) is 26.2 Å². The first kappa shape index (κ1) is 46.6. The molecule has 0 saturated carbocycles. The zero-order valence-electron chi connectivity index (χ0n) is 33.0. The van der Waals surface area contributed by atoms with Crippen molar-refractivity contribution < 1.29 is 71.6 Å². The lowest BCUT2D eigenvalue weighted by molar-refractivity contribution is -0.257. The number of hydrogen-bond acceptors (Lipinski definition) is 15. The van der Waals surface area contributed by atoms with Crippen LogP contribution in [0.25, 0.3) is 0 Å². The highest BCUT2D eigenvalue weighted by molar-refractivity contribution is 5.97. The number of rotatable bonds is 17. The highest BCUT2D eigenvalue weighted by Crippen LogP contribution is 2.28. The Bertz CT molecular complexity index is 1590.